The summed E-state index contributed by atoms with van der Waals surface area (Å²) in [6, 6.07) is 8.30. The Balaban J connectivity index is 1.92. The van der Waals surface area contributed by atoms with Gasteiger partial charge in [-0.05, 0) is 37.8 Å². The molecule has 2 N–H and O–H groups in total. The van der Waals surface area contributed by atoms with Crippen LogP contribution in [0.15, 0.2) is 24.3 Å². The Bertz CT molecular complexity index is 507. The van der Waals surface area contributed by atoms with Crippen LogP contribution in [0.25, 0.3) is 0 Å². The van der Waals surface area contributed by atoms with E-state index in [0.717, 1.165) is 25.9 Å². The maximum atomic E-state index is 11.0. The van der Waals surface area contributed by atoms with Crippen LogP contribution in [-0.4, -0.2) is 52.5 Å². The van der Waals surface area contributed by atoms with Crippen molar-refractivity contribution in [2.45, 2.75) is 51.3 Å². The number of ether oxygens (including phenoxy) is 1. The highest BCUT2D eigenvalue weighted by Gasteiger charge is 2.25. The largest absolute Gasteiger partial charge is 0.481 e. The first-order valence-corrected chi connectivity index (χ1v) is 8.17. The SMILES string of the molecule is CC(C)(O)CCc1ccc(CN2CCOC[C@@H]2CC(=O)O)cc1. The molecule has 1 aliphatic heterocycles. The number of hydrogen-bond acceptors (Lipinski definition) is 4. The van der Waals surface area contributed by atoms with Gasteiger partial charge in [0.25, 0.3) is 0 Å². The lowest BCUT2D eigenvalue weighted by atomic mass is 9.98. The number of aliphatic carboxylic acids is 1. The van der Waals surface area contributed by atoms with Crippen LogP contribution in [0.2, 0.25) is 0 Å². The molecule has 1 fully saturated rings. The second kappa shape index (κ2) is 7.90. The first kappa shape index (κ1) is 17.9. The van der Waals surface area contributed by atoms with Crippen LogP contribution in [0, 0.1) is 0 Å². The van der Waals surface area contributed by atoms with E-state index >= 15 is 0 Å². The van der Waals surface area contributed by atoms with E-state index in [0.29, 0.717) is 13.2 Å². The quantitative estimate of drug-likeness (QED) is 0.804. The summed E-state index contributed by atoms with van der Waals surface area (Å²) < 4.78 is 5.41. The van der Waals surface area contributed by atoms with Crippen molar-refractivity contribution < 1.29 is 19.7 Å². The van der Waals surface area contributed by atoms with Gasteiger partial charge < -0.3 is 14.9 Å². The molecular formula is C18H27NO4. The topological polar surface area (TPSA) is 70.0 Å². The molecular weight excluding hydrogens is 294 g/mol. The second-order valence-corrected chi connectivity index (χ2v) is 6.93. The van der Waals surface area contributed by atoms with Gasteiger partial charge in [-0.3, -0.25) is 9.69 Å². The van der Waals surface area contributed by atoms with Crippen molar-refractivity contribution in [3.05, 3.63) is 35.4 Å². The molecule has 0 radical (unpaired) electrons. The van der Waals surface area contributed by atoms with Crippen molar-refractivity contribution in [1.29, 1.82) is 0 Å². The first-order valence-electron chi connectivity index (χ1n) is 8.17. The van der Waals surface area contributed by atoms with E-state index in [1.165, 1.54) is 11.1 Å². The average Bonchev–Trinajstić information content (AvgIpc) is 2.47. The Hall–Kier alpha value is -1.43. The zero-order chi connectivity index (χ0) is 16.9. The normalized spacial score (nSPS) is 19.7. The molecule has 0 spiro atoms. The molecule has 1 heterocycles. The fraction of sp³-hybridized carbons (Fsp3) is 0.611. The number of nitrogens with zero attached hydrogens (tertiary/aromatic N) is 1. The Morgan fingerprint density at radius 1 is 1.30 bits per heavy atom. The summed E-state index contributed by atoms with van der Waals surface area (Å²) in [6.07, 6.45) is 1.70. The average molecular weight is 321 g/mol. The predicted molar refractivity (Wildman–Crippen MR) is 88.3 cm³/mol. The third-order valence-corrected chi connectivity index (χ3v) is 4.19. The molecule has 0 amide bonds. The summed E-state index contributed by atoms with van der Waals surface area (Å²) in [5.74, 6) is -0.785. The highest BCUT2D eigenvalue weighted by Crippen LogP contribution is 2.17. The van der Waals surface area contributed by atoms with E-state index in [4.69, 9.17) is 9.84 Å². The zero-order valence-corrected chi connectivity index (χ0v) is 14.0. The molecule has 0 aliphatic carbocycles. The fourth-order valence-corrected chi connectivity index (χ4v) is 2.78. The van der Waals surface area contributed by atoms with Gasteiger partial charge in [0.05, 0.1) is 25.2 Å². The highest BCUT2D eigenvalue weighted by molar-refractivity contribution is 5.67. The number of hydrogen-bond donors (Lipinski definition) is 2. The highest BCUT2D eigenvalue weighted by atomic mass is 16.5. The fourth-order valence-electron chi connectivity index (χ4n) is 2.78. The minimum absolute atomic E-state index is 0.0592. The molecule has 23 heavy (non-hydrogen) atoms. The van der Waals surface area contributed by atoms with Crippen molar-refractivity contribution in [3.8, 4) is 0 Å². The molecule has 1 saturated heterocycles. The van der Waals surface area contributed by atoms with Gasteiger partial charge in [-0.1, -0.05) is 24.3 Å². The molecule has 5 heteroatoms. The number of carboxylic acid groups (broad SMARTS) is 1. The molecule has 128 valence electrons. The molecule has 1 aliphatic rings. The van der Waals surface area contributed by atoms with E-state index in [-0.39, 0.29) is 12.5 Å². The Morgan fingerprint density at radius 2 is 1.96 bits per heavy atom. The van der Waals surface area contributed by atoms with Crippen molar-refractivity contribution in [1.82, 2.24) is 4.90 Å². The van der Waals surface area contributed by atoms with Gasteiger partial charge in [-0.15, -0.1) is 0 Å². The molecule has 0 aromatic heterocycles. The molecule has 1 atom stereocenters. The minimum atomic E-state index is -0.785. The van der Waals surface area contributed by atoms with E-state index in [2.05, 4.69) is 29.2 Å². The Morgan fingerprint density at radius 3 is 2.57 bits per heavy atom. The summed E-state index contributed by atoms with van der Waals surface area (Å²) >= 11 is 0. The maximum absolute atomic E-state index is 11.0. The van der Waals surface area contributed by atoms with Gasteiger partial charge in [0, 0.05) is 19.1 Å². The third-order valence-electron chi connectivity index (χ3n) is 4.19. The maximum Gasteiger partial charge on any atom is 0.305 e. The molecule has 0 bridgehead atoms. The Labute approximate surface area is 137 Å². The molecule has 0 saturated carbocycles. The molecule has 0 unspecified atom stereocenters. The van der Waals surface area contributed by atoms with E-state index < -0.39 is 11.6 Å². The van der Waals surface area contributed by atoms with Crippen LogP contribution in [0.4, 0.5) is 0 Å². The Kier molecular flexibility index (Phi) is 6.16. The van der Waals surface area contributed by atoms with Crippen molar-refractivity contribution >= 4 is 5.97 Å². The van der Waals surface area contributed by atoms with Gasteiger partial charge >= 0.3 is 5.97 Å². The van der Waals surface area contributed by atoms with Crippen molar-refractivity contribution in [2.24, 2.45) is 0 Å². The first-order chi connectivity index (χ1) is 10.8. The minimum Gasteiger partial charge on any atom is -0.481 e. The summed E-state index contributed by atoms with van der Waals surface area (Å²) in [7, 11) is 0. The summed E-state index contributed by atoms with van der Waals surface area (Å²) in [6.45, 7) is 6.28. The van der Waals surface area contributed by atoms with Crippen molar-refractivity contribution in [3.63, 3.8) is 0 Å². The molecule has 1 aromatic rings. The van der Waals surface area contributed by atoms with E-state index in [9.17, 15) is 9.90 Å². The lowest BCUT2D eigenvalue weighted by molar-refractivity contribution is -0.140. The number of carbonyl (C=O) groups is 1. The number of rotatable bonds is 7. The van der Waals surface area contributed by atoms with Gasteiger partial charge in [-0.25, -0.2) is 0 Å². The number of morpholine rings is 1. The standard InChI is InChI=1S/C18H27NO4/c1-18(2,22)8-7-14-3-5-15(6-4-14)12-19-9-10-23-13-16(19)11-17(20)21/h3-6,16,22H,7-13H2,1-2H3,(H,20,21)/t16-/m0/s1. The van der Waals surface area contributed by atoms with Gasteiger partial charge in [0.15, 0.2) is 0 Å². The van der Waals surface area contributed by atoms with Gasteiger partial charge in [0.2, 0.25) is 0 Å². The number of aryl methyl sites for hydroxylation is 1. The summed E-state index contributed by atoms with van der Waals surface area (Å²) in [5, 5.41) is 18.8. The predicted octanol–water partition coefficient (Wildman–Crippen LogP) is 2.07. The van der Waals surface area contributed by atoms with Crippen LogP contribution in [0.1, 0.15) is 37.8 Å². The van der Waals surface area contributed by atoms with Crippen molar-refractivity contribution in [2.75, 3.05) is 19.8 Å². The number of aliphatic hydroxyl groups is 1. The lowest BCUT2D eigenvalue weighted by Gasteiger charge is -2.34. The molecule has 5 nitrogen and oxygen atoms in total. The van der Waals surface area contributed by atoms with Crippen LogP contribution in [0.3, 0.4) is 0 Å². The van der Waals surface area contributed by atoms with Crippen LogP contribution in [-0.2, 0) is 22.5 Å². The monoisotopic (exact) mass is 321 g/mol. The van der Waals surface area contributed by atoms with Crippen LogP contribution >= 0.6 is 0 Å². The van der Waals surface area contributed by atoms with E-state index in [1.807, 2.05) is 13.8 Å². The molecule has 2 rings (SSSR count). The number of benzene rings is 1. The summed E-state index contributed by atoms with van der Waals surface area (Å²) in [4.78, 5) is 13.1. The smallest absolute Gasteiger partial charge is 0.305 e. The van der Waals surface area contributed by atoms with Gasteiger partial charge in [-0.2, -0.15) is 0 Å². The van der Waals surface area contributed by atoms with Gasteiger partial charge in [0.1, 0.15) is 0 Å². The zero-order valence-electron chi connectivity index (χ0n) is 14.0. The molecule has 1 aromatic carbocycles. The van der Waals surface area contributed by atoms with Crippen LogP contribution < -0.4 is 0 Å². The summed E-state index contributed by atoms with van der Waals surface area (Å²) in [5.41, 5.74) is 1.74. The van der Waals surface area contributed by atoms with E-state index in [1.54, 1.807) is 0 Å². The second-order valence-electron chi connectivity index (χ2n) is 6.93. The number of carboxylic acids is 1. The van der Waals surface area contributed by atoms with Crippen LogP contribution in [0.5, 0.6) is 0 Å². The lowest BCUT2D eigenvalue weighted by Crippen LogP contribution is -2.45. The third kappa shape index (κ3) is 6.29.